The highest BCUT2D eigenvalue weighted by molar-refractivity contribution is 5.87. The minimum atomic E-state index is -0.591. The van der Waals surface area contributed by atoms with Crippen molar-refractivity contribution in [2.75, 3.05) is 47.3 Å². The monoisotopic (exact) mass is 750 g/mol. The van der Waals surface area contributed by atoms with Gasteiger partial charge in [0.1, 0.15) is 38.7 Å². The molecule has 7 rings (SSSR count). The Morgan fingerprint density at radius 2 is 1.48 bits per heavy atom. The summed E-state index contributed by atoms with van der Waals surface area (Å²) in [6.45, 7) is 15.5. The van der Waals surface area contributed by atoms with Crippen LogP contribution in [-0.2, 0) is 42.6 Å². The molecule has 9 heteroatoms. The molecule has 1 aliphatic heterocycles. The molecule has 0 unspecified atom stereocenters. The van der Waals surface area contributed by atoms with E-state index in [2.05, 4.69) is 69.3 Å². The maximum absolute atomic E-state index is 7.15. The molecule has 1 heterocycles. The Hall–Kier alpha value is -1.92. The third kappa shape index (κ3) is 7.35. The molecular weight excluding hydrogens is 684 g/mol. The summed E-state index contributed by atoms with van der Waals surface area (Å²) in [5.74, 6) is 1.59. The first-order valence-electron chi connectivity index (χ1n) is 20.9. The number of hydrogen-bond acceptors (Lipinski definition) is 9. The lowest BCUT2D eigenvalue weighted by molar-refractivity contribution is -0.339. The van der Waals surface area contributed by atoms with Gasteiger partial charge in [-0.15, -0.1) is 0 Å². The second kappa shape index (κ2) is 17.3. The quantitative estimate of drug-likeness (QED) is 0.0949. The van der Waals surface area contributed by atoms with Gasteiger partial charge in [0.05, 0.1) is 17.8 Å². The SMILES string of the molecule is CCOCO[C@@H]1[C@H](O[C@H]2CC[C@@]3(C)[C@H](CC[C@@H]4[C@@H]3CC[C@]3(C)C(c5ccc6ccccc6c5)=CC[C@@]43OCOCC)C2)O[C@@H](C)[C@H](OCOCC)[C@H]1OC. The first-order valence-corrected chi connectivity index (χ1v) is 20.9. The average Bonchev–Trinajstić information content (AvgIpc) is 3.49. The predicted molar refractivity (Wildman–Crippen MR) is 209 cm³/mol. The normalized spacial score (nSPS) is 39.2. The average molecular weight is 751 g/mol. The molecule has 4 fully saturated rings. The smallest absolute Gasteiger partial charge is 0.187 e. The van der Waals surface area contributed by atoms with Gasteiger partial charge in [0.15, 0.2) is 6.29 Å². The highest BCUT2D eigenvalue weighted by atomic mass is 16.8. The number of methoxy groups -OCH3 is 1. The van der Waals surface area contributed by atoms with Gasteiger partial charge in [-0.2, -0.15) is 0 Å². The molecule has 300 valence electrons. The lowest BCUT2D eigenvalue weighted by Crippen LogP contribution is -2.63. The van der Waals surface area contributed by atoms with E-state index in [1.807, 2.05) is 20.8 Å². The molecule has 9 nitrogen and oxygen atoms in total. The Balaban J connectivity index is 1.08. The molecule has 0 radical (unpaired) electrons. The van der Waals surface area contributed by atoms with Crippen molar-refractivity contribution in [1.29, 1.82) is 0 Å². The Labute approximate surface area is 323 Å². The van der Waals surface area contributed by atoms with Crippen molar-refractivity contribution in [1.82, 2.24) is 0 Å². The Kier molecular flexibility index (Phi) is 12.9. The van der Waals surface area contributed by atoms with Crippen LogP contribution in [0.4, 0.5) is 0 Å². The molecule has 0 bridgehead atoms. The molecular formula is C45H66O9. The number of ether oxygens (including phenoxy) is 9. The zero-order valence-corrected chi connectivity index (χ0v) is 33.9. The standard InChI is InChI=1S/C45H66O9/c1-8-47-27-50-39-30(4)53-42(41(40(39)46-7)51-28-48-9-2)54-35-19-22-43(5)34(26-35)17-18-38-37(43)20-23-44(6)36(21-24-45(38,44)52-29-49-10-3)33-16-15-31-13-11-12-14-32(31)25-33/h11-16,21,25,30,34-35,37-42H,8-10,17-20,22-24,26-29H2,1-7H3/t30-,34+,35-,37-,38+,39-,40+,41-,42-,43-,44+,45+/m0/s1. The van der Waals surface area contributed by atoms with Crippen LogP contribution in [0.2, 0.25) is 0 Å². The second-order valence-corrected chi connectivity index (χ2v) is 16.8. The molecule has 0 aromatic heterocycles. The van der Waals surface area contributed by atoms with Gasteiger partial charge in [0.2, 0.25) is 0 Å². The molecule has 2 aromatic rings. The van der Waals surface area contributed by atoms with Crippen LogP contribution in [-0.4, -0.2) is 89.7 Å². The van der Waals surface area contributed by atoms with Crippen LogP contribution in [0.3, 0.4) is 0 Å². The van der Waals surface area contributed by atoms with Crippen LogP contribution in [0, 0.1) is 28.6 Å². The first-order chi connectivity index (χ1) is 26.2. The lowest BCUT2D eigenvalue weighted by atomic mass is 9.43. The molecule has 1 saturated heterocycles. The highest BCUT2D eigenvalue weighted by Gasteiger charge is 2.67. The third-order valence-corrected chi connectivity index (χ3v) is 14.4. The third-order valence-electron chi connectivity index (χ3n) is 14.4. The Morgan fingerprint density at radius 3 is 2.22 bits per heavy atom. The number of hydrogen-bond donors (Lipinski definition) is 0. The van der Waals surface area contributed by atoms with E-state index in [9.17, 15) is 0 Å². The summed E-state index contributed by atoms with van der Waals surface area (Å²) in [6, 6.07) is 15.7. The fraction of sp³-hybridized carbons (Fsp3) is 0.733. The predicted octanol–water partition coefficient (Wildman–Crippen LogP) is 8.91. The summed E-state index contributed by atoms with van der Waals surface area (Å²) in [5.41, 5.74) is 2.61. The molecule has 2 aromatic carbocycles. The molecule has 54 heavy (non-hydrogen) atoms. The zero-order chi connectivity index (χ0) is 37.9. The largest absolute Gasteiger partial charge is 0.376 e. The molecule has 12 atom stereocenters. The van der Waals surface area contributed by atoms with Crippen LogP contribution in [0.15, 0.2) is 48.5 Å². The van der Waals surface area contributed by atoms with E-state index in [1.54, 1.807) is 7.11 Å². The van der Waals surface area contributed by atoms with Crippen molar-refractivity contribution in [2.45, 2.75) is 135 Å². The van der Waals surface area contributed by atoms with Crippen molar-refractivity contribution in [2.24, 2.45) is 28.6 Å². The zero-order valence-electron chi connectivity index (χ0n) is 33.9. The van der Waals surface area contributed by atoms with Gasteiger partial charge >= 0.3 is 0 Å². The van der Waals surface area contributed by atoms with Gasteiger partial charge in [-0.05, 0) is 130 Å². The van der Waals surface area contributed by atoms with Gasteiger partial charge in [-0.25, -0.2) is 0 Å². The summed E-state index contributed by atoms with van der Waals surface area (Å²) in [6.07, 6.45) is 9.16. The minimum Gasteiger partial charge on any atom is -0.376 e. The van der Waals surface area contributed by atoms with Crippen molar-refractivity contribution in [3.05, 3.63) is 54.1 Å². The number of benzene rings is 2. The van der Waals surface area contributed by atoms with Gasteiger partial charge in [-0.1, -0.05) is 56.3 Å². The first kappa shape index (κ1) is 40.3. The van der Waals surface area contributed by atoms with Crippen molar-refractivity contribution < 1.29 is 42.6 Å². The molecule has 3 saturated carbocycles. The van der Waals surface area contributed by atoms with E-state index in [0.717, 1.165) is 38.5 Å². The summed E-state index contributed by atoms with van der Waals surface area (Å²) >= 11 is 0. The van der Waals surface area contributed by atoms with Gasteiger partial charge in [0.25, 0.3) is 0 Å². The number of rotatable bonds is 16. The molecule has 4 aliphatic carbocycles. The Bertz CT molecular complexity index is 1560. The van der Waals surface area contributed by atoms with E-state index in [4.69, 9.17) is 42.6 Å². The molecule has 0 amide bonds. The van der Waals surface area contributed by atoms with Crippen molar-refractivity contribution >= 4 is 16.3 Å². The van der Waals surface area contributed by atoms with Crippen LogP contribution >= 0.6 is 0 Å². The second-order valence-electron chi connectivity index (χ2n) is 16.8. The van der Waals surface area contributed by atoms with E-state index >= 15 is 0 Å². The minimum absolute atomic E-state index is 0.0677. The van der Waals surface area contributed by atoms with Crippen LogP contribution < -0.4 is 0 Å². The van der Waals surface area contributed by atoms with Crippen LogP contribution in [0.25, 0.3) is 16.3 Å². The summed E-state index contributed by atoms with van der Waals surface area (Å²) in [4.78, 5) is 0. The summed E-state index contributed by atoms with van der Waals surface area (Å²) in [7, 11) is 1.70. The molecule has 0 N–H and O–H groups in total. The van der Waals surface area contributed by atoms with E-state index in [-0.39, 0.29) is 48.3 Å². The highest BCUT2D eigenvalue weighted by Crippen LogP contribution is 2.70. The maximum Gasteiger partial charge on any atom is 0.187 e. The van der Waals surface area contributed by atoms with Gasteiger partial charge in [0, 0.05) is 32.3 Å². The van der Waals surface area contributed by atoms with Crippen molar-refractivity contribution in [3.63, 3.8) is 0 Å². The van der Waals surface area contributed by atoms with Crippen LogP contribution in [0.5, 0.6) is 0 Å². The molecule has 5 aliphatic rings. The number of fused-ring (bicyclic) bond motifs is 6. The van der Waals surface area contributed by atoms with E-state index in [1.165, 1.54) is 34.8 Å². The van der Waals surface area contributed by atoms with E-state index in [0.29, 0.717) is 44.4 Å². The van der Waals surface area contributed by atoms with Crippen LogP contribution in [0.1, 0.15) is 98.5 Å². The summed E-state index contributed by atoms with van der Waals surface area (Å²) in [5, 5.41) is 2.58. The molecule has 0 spiro atoms. The topological polar surface area (TPSA) is 83.1 Å². The van der Waals surface area contributed by atoms with Crippen molar-refractivity contribution in [3.8, 4) is 0 Å². The summed E-state index contributed by atoms with van der Waals surface area (Å²) < 4.78 is 56.1. The van der Waals surface area contributed by atoms with Gasteiger partial charge in [-0.3, -0.25) is 0 Å². The lowest BCUT2D eigenvalue weighted by Gasteiger charge is -2.64. The maximum atomic E-state index is 7.15. The van der Waals surface area contributed by atoms with E-state index < -0.39 is 18.5 Å². The van der Waals surface area contributed by atoms with Gasteiger partial charge < -0.3 is 42.6 Å². The fourth-order valence-corrected chi connectivity index (χ4v) is 11.6. The fourth-order valence-electron chi connectivity index (χ4n) is 11.6. The Morgan fingerprint density at radius 1 is 0.759 bits per heavy atom.